The van der Waals surface area contributed by atoms with Crippen LogP contribution in [0.3, 0.4) is 0 Å². The van der Waals surface area contributed by atoms with E-state index in [0.717, 1.165) is 6.42 Å². The number of hydrogen-bond donors (Lipinski definition) is 2. The quantitative estimate of drug-likeness (QED) is 0.647. The first-order valence-electron chi connectivity index (χ1n) is 5.45. The van der Waals surface area contributed by atoms with Gasteiger partial charge in [-0.3, -0.25) is 0 Å². The third-order valence-corrected chi connectivity index (χ3v) is 4.47. The van der Waals surface area contributed by atoms with Crippen LogP contribution in [0.2, 0.25) is 0 Å². The van der Waals surface area contributed by atoms with Crippen LogP contribution in [0.15, 0.2) is 0 Å². The van der Waals surface area contributed by atoms with Crippen LogP contribution in [-0.4, -0.2) is 43.7 Å². The van der Waals surface area contributed by atoms with Crippen LogP contribution in [0.4, 0.5) is 0 Å². The van der Waals surface area contributed by atoms with Gasteiger partial charge in [-0.25, -0.2) is 8.42 Å². The maximum absolute atomic E-state index is 11.4. The Kier molecular flexibility index (Phi) is 6.40. The first kappa shape index (κ1) is 14.9. The standard InChI is InChI=1S/C10H23NO3S/c1-4-7-15(13,14)8-6-11-10(3,5-2)9-12/h11-12H,4-9H2,1-3H3. The Balaban J connectivity index is 3.98. The first-order valence-corrected chi connectivity index (χ1v) is 7.27. The highest BCUT2D eigenvalue weighted by Gasteiger charge is 2.20. The van der Waals surface area contributed by atoms with Crippen molar-refractivity contribution < 1.29 is 13.5 Å². The van der Waals surface area contributed by atoms with Crippen molar-refractivity contribution >= 4 is 9.84 Å². The highest BCUT2D eigenvalue weighted by molar-refractivity contribution is 7.91. The highest BCUT2D eigenvalue weighted by atomic mass is 32.2. The summed E-state index contributed by atoms with van der Waals surface area (Å²) < 4.78 is 22.8. The highest BCUT2D eigenvalue weighted by Crippen LogP contribution is 2.07. The average molecular weight is 237 g/mol. The normalized spacial score (nSPS) is 16.3. The average Bonchev–Trinajstić information content (AvgIpc) is 2.17. The zero-order valence-electron chi connectivity index (χ0n) is 9.91. The monoisotopic (exact) mass is 237 g/mol. The van der Waals surface area contributed by atoms with Gasteiger partial charge in [0.15, 0.2) is 9.84 Å². The SMILES string of the molecule is CCCS(=O)(=O)CCNC(C)(CC)CO. The van der Waals surface area contributed by atoms with Crippen molar-refractivity contribution in [1.29, 1.82) is 0 Å². The topological polar surface area (TPSA) is 66.4 Å². The second-order valence-electron chi connectivity index (χ2n) is 4.15. The largest absolute Gasteiger partial charge is 0.394 e. The Morgan fingerprint density at radius 1 is 1.27 bits per heavy atom. The van der Waals surface area contributed by atoms with E-state index in [2.05, 4.69) is 5.32 Å². The Labute approximate surface area is 93.0 Å². The van der Waals surface area contributed by atoms with E-state index in [9.17, 15) is 8.42 Å². The Bertz CT molecular complexity index is 258. The van der Waals surface area contributed by atoms with Crippen LogP contribution in [0.25, 0.3) is 0 Å². The molecule has 0 amide bonds. The molecule has 0 saturated carbocycles. The molecule has 0 aliphatic heterocycles. The van der Waals surface area contributed by atoms with E-state index < -0.39 is 9.84 Å². The van der Waals surface area contributed by atoms with E-state index in [0.29, 0.717) is 13.0 Å². The Hall–Kier alpha value is -0.130. The minimum Gasteiger partial charge on any atom is -0.394 e. The van der Waals surface area contributed by atoms with E-state index in [4.69, 9.17) is 5.11 Å². The number of hydrogen-bond acceptors (Lipinski definition) is 4. The molecule has 4 nitrogen and oxygen atoms in total. The predicted octanol–water partition coefficient (Wildman–Crippen LogP) is 0.562. The summed E-state index contributed by atoms with van der Waals surface area (Å²) in [5.41, 5.74) is -0.359. The van der Waals surface area contributed by atoms with Gasteiger partial charge < -0.3 is 10.4 Å². The molecule has 15 heavy (non-hydrogen) atoms. The molecule has 0 aromatic heterocycles. The summed E-state index contributed by atoms with van der Waals surface area (Å²) in [4.78, 5) is 0. The summed E-state index contributed by atoms with van der Waals surface area (Å²) in [6.07, 6.45) is 1.44. The molecule has 2 N–H and O–H groups in total. The van der Waals surface area contributed by atoms with Crippen molar-refractivity contribution in [2.24, 2.45) is 0 Å². The number of sulfone groups is 1. The zero-order chi connectivity index (χ0) is 11.9. The number of nitrogens with one attached hydrogen (secondary N) is 1. The van der Waals surface area contributed by atoms with E-state index in [1.165, 1.54) is 0 Å². The third kappa shape index (κ3) is 6.12. The fourth-order valence-corrected chi connectivity index (χ4v) is 2.45. The molecule has 5 heteroatoms. The predicted molar refractivity (Wildman–Crippen MR) is 62.7 cm³/mol. The molecule has 0 aliphatic rings. The van der Waals surface area contributed by atoms with E-state index in [1.807, 2.05) is 20.8 Å². The third-order valence-electron chi connectivity index (χ3n) is 2.61. The number of rotatable bonds is 8. The molecule has 0 radical (unpaired) electrons. The van der Waals surface area contributed by atoms with Crippen molar-refractivity contribution in [3.63, 3.8) is 0 Å². The molecule has 0 heterocycles. The first-order chi connectivity index (χ1) is 6.89. The molecule has 92 valence electrons. The van der Waals surface area contributed by atoms with E-state index in [1.54, 1.807) is 0 Å². The van der Waals surface area contributed by atoms with Crippen LogP contribution in [0, 0.1) is 0 Å². The summed E-state index contributed by atoms with van der Waals surface area (Å²) in [7, 11) is -2.91. The van der Waals surface area contributed by atoms with Gasteiger partial charge in [-0.15, -0.1) is 0 Å². The zero-order valence-corrected chi connectivity index (χ0v) is 10.7. The van der Waals surface area contributed by atoms with Gasteiger partial charge in [0.1, 0.15) is 0 Å². The van der Waals surface area contributed by atoms with Gasteiger partial charge in [-0.1, -0.05) is 13.8 Å². The van der Waals surface area contributed by atoms with Gasteiger partial charge >= 0.3 is 0 Å². The molecule has 0 aromatic carbocycles. The van der Waals surface area contributed by atoms with Crippen LogP contribution in [0.5, 0.6) is 0 Å². The smallest absolute Gasteiger partial charge is 0.151 e. The summed E-state index contributed by atoms with van der Waals surface area (Å²) in [6.45, 7) is 6.14. The van der Waals surface area contributed by atoms with E-state index >= 15 is 0 Å². The lowest BCUT2D eigenvalue weighted by Crippen LogP contribution is -2.47. The Morgan fingerprint density at radius 2 is 1.87 bits per heavy atom. The van der Waals surface area contributed by atoms with Gasteiger partial charge in [0, 0.05) is 17.8 Å². The number of aliphatic hydroxyl groups excluding tert-OH is 1. The molecule has 1 atom stereocenters. The van der Waals surface area contributed by atoms with Gasteiger partial charge in [0.2, 0.25) is 0 Å². The number of aliphatic hydroxyl groups is 1. The lowest BCUT2D eigenvalue weighted by molar-refractivity contribution is 0.172. The van der Waals surface area contributed by atoms with E-state index in [-0.39, 0.29) is 23.7 Å². The Morgan fingerprint density at radius 3 is 2.27 bits per heavy atom. The minimum atomic E-state index is -2.91. The lowest BCUT2D eigenvalue weighted by Gasteiger charge is -2.27. The summed E-state index contributed by atoms with van der Waals surface area (Å²) >= 11 is 0. The fourth-order valence-electron chi connectivity index (χ4n) is 1.21. The second-order valence-corrected chi connectivity index (χ2v) is 6.45. The van der Waals surface area contributed by atoms with Crippen molar-refractivity contribution in [2.75, 3.05) is 24.7 Å². The fraction of sp³-hybridized carbons (Fsp3) is 1.00. The molecule has 0 bridgehead atoms. The molecule has 0 aliphatic carbocycles. The second kappa shape index (κ2) is 6.45. The maximum Gasteiger partial charge on any atom is 0.151 e. The molecule has 0 fully saturated rings. The summed E-state index contributed by atoms with van der Waals surface area (Å²) in [6, 6.07) is 0. The summed E-state index contributed by atoms with van der Waals surface area (Å²) in [5, 5.41) is 12.2. The van der Waals surface area contributed by atoms with Crippen LogP contribution >= 0.6 is 0 Å². The van der Waals surface area contributed by atoms with Gasteiger partial charge in [0.25, 0.3) is 0 Å². The maximum atomic E-state index is 11.4. The van der Waals surface area contributed by atoms with Gasteiger partial charge in [-0.2, -0.15) is 0 Å². The lowest BCUT2D eigenvalue weighted by atomic mass is 10.0. The molecule has 1 unspecified atom stereocenters. The summed E-state index contributed by atoms with van der Waals surface area (Å²) in [5.74, 6) is 0.396. The van der Waals surface area contributed by atoms with Crippen molar-refractivity contribution in [3.8, 4) is 0 Å². The van der Waals surface area contributed by atoms with Crippen molar-refractivity contribution in [1.82, 2.24) is 5.32 Å². The minimum absolute atomic E-state index is 0.0251. The van der Waals surface area contributed by atoms with Gasteiger partial charge in [0.05, 0.1) is 12.4 Å². The molecule has 0 rings (SSSR count). The van der Waals surface area contributed by atoms with Gasteiger partial charge in [-0.05, 0) is 19.8 Å². The molecular formula is C10H23NO3S. The van der Waals surface area contributed by atoms with Crippen LogP contribution in [-0.2, 0) is 9.84 Å². The van der Waals surface area contributed by atoms with Crippen molar-refractivity contribution in [2.45, 2.75) is 39.2 Å². The van der Waals surface area contributed by atoms with Crippen LogP contribution < -0.4 is 5.32 Å². The van der Waals surface area contributed by atoms with Crippen LogP contribution in [0.1, 0.15) is 33.6 Å². The molecule has 0 saturated heterocycles. The molecule has 0 spiro atoms. The molecule has 0 aromatic rings. The molecular weight excluding hydrogens is 214 g/mol. The van der Waals surface area contributed by atoms with Crippen molar-refractivity contribution in [3.05, 3.63) is 0 Å².